The van der Waals surface area contributed by atoms with Gasteiger partial charge in [0, 0.05) is 23.4 Å². The summed E-state index contributed by atoms with van der Waals surface area (Å²) < 4.78 is 6.09. The molecule has 4 rings (SSSR count). The summed E-state index contributed by atoms with van der Waals surface area (Å²) in [4.78, 5) is 11.5. The molecule has 2 aliphatic rings. The van der Waals surface area contributed by atoms with Gasteiger partial charge < -0.3 is 4.74 Å². The first-order valence-corrected chi connectivity index (χ1v) is 8.73. The number of benzene rings is 2. The van der Waals surface area contributed by atoms with Crippen LogP contribution in [-0.4, -0.2) is 5.91 Å². The van der Waals surface area contributed by atoms with Crippen LogP contribution in [0.2, 0.25) is 5.02 Å². The lowest BCUT2D eigenvalue weighted by Crippen LogP contribution is -2.26. The molecule has 0 aromatic heterocycles. The van der Waals surface area contributed by atoms with Crippen LogP contribution in [0.15, 0.2) is 66.1 Å². The molecule has 2 aromatic rings. The van der Waals surface area contributed by atoms with Crippen LogP contribution in [-0.2, 0) is 16.0 Å². The molecule has 1 aliphatic carbocycles. The molecule has 2 aromatic carbocycles. The Morgan fingerprint density at radius 2 is 1.88 bits per heavy atom. The second-order valence-corrected chi connectivity index (χ2v) is 6.79. The Morgan fingerprint density at radius 3 is 2.64 bits per heavy atom. The SMILES string of the molecule is CC(=O)NC1=CC(c2ccc(Cl)cc2)C2=C(O1)c1ccccc1CC2. The van der Waals surface area contributed by atoms with Gasteiger partial charge in [0.2, 0.25) is 5.91 Å². The Balaban J connectivity index is 1.82. The highest BCUT2D eigenvalue weighted by Gasteiger charge is 2.31. The van der Waals surface area contributed by atoms with Crippen LogP contribution in [0.1, 0.15) is 36.0 Å². The zero-order chi connectivity index (χ0) is 17.4. The first-order chi connectivity index (χ1) is 12.1. The van der Waals surface area contributed by atoms with Gasteiger partial charge in [0.25, 0.3) is 0 Å². The highest BCUT2D eigenvalue weighted by molar-refractivity contribution is 6.30. The Labute approximate surface area is 152 Å². The standard InChI is InChI=1S/C21H18ClNO2/c1-13(24)23-20-12-19(15-6-9-16(22)10-7-15)18-11-8-14-4-2-3-5-17(14)21(18)25-20/h2-7,9-10,12,19H,8,11H2,1H3,(H,23,24). The fraction of sp³-hybridized carbons (Fsp3) is 0.190. The molecule has 0 saturated heterocycles. The van der Waals surface area contributed by atoms with Crippen molar-refractivity contribution in [3.8, 4) is 0 Å². The van der Waals surface area contributed by atoms with E-state index in [2.05, 4.69) is 23.5 Å². The monoisotopic (exact) mass is 351 g/mol. The normalized spacial score (nSPS) is 18.6. The maximum Gasteiger partial charge on any atom is 0.223 e. The van der Waals surface area contributed by atoms with Crippen molar-refractivity contribution in [3.05, 3.63) is 87.8 Å². The van der Waals surface area contributed by atoms with E-state index in [9.17, 15) is 4.79 Å². The minimum absolute atomic E-state index is 0.0659. The number of nitrogens with one attached hydrogen (secondary N) is 1. The van der Waals surface area contributed by atoms with E-state index < -0.39 is 0 Å². The minimum Gasteiger partial charge on any atom is -0.441 e. The highest BCUT2D eigenvalue weighted by Crippen LogP contribution is 2.44. The summed E-state index contributed by atoms with van der Waals surface area (Å²) in [6.45, 7) is 1.49. The molecule has 0 fully saturated rings. The molecule has 4 heteroatoms. The van der Waals surface area contributed by atoms with Gasteiger partial charge in [-0.25, -0.2) is 0 Å². The highest BCUT2D eigenvalue weighted by atomic mass is 35.5. The number of ether oxygens (including phenoxy) is 1. The van der Waals surface area contributed by atoms with Crippen LogP contribution in [0.5, 0.6) is 0 Å². The number of hydrogen-bond acceptors (Lipinski definition) is 2. The van der Waals surface area contributed by atoms with Gasteiger partial charge in [-0.1, -0.05) is 48.0 Å². The Hall–Kier alpha value is -2.52. The van der Waals surface area contributed by atoms with Crippen molar-refractivity contribution in [1.82, 2.24) is 5.32 Å². The maximum absolute atomic E-state index is 11.5. The molecule has 0 radical (unpaired) electrons. The number of fused-ring (bicyclic) bond motifs is 2. The molecule has 0 saturated carbocycles. The van der Waals surface area contributed by atoms with Crippen molar-refractivity contribution in [1.29, 1.82) is 0 Å². The van der Waals surface area contributed by atoms with Crippen molar-refractivity contribution < 1.29 is 9.53 Å². The number of aryl methyl sites for hydroxylation is 1. The summed E-state index contributed by atoms with van der Waals surface area (Å²) in [5.41, 5.74) is 4.77. The second-order valence-electron chi connectivity index (χ2n) is 6.35. The Bertz CT molecular complexity index is 896. The number of carbonyl (C=O) groups excluding carboxylic acids is 1. The van der Waals surface area contributed by atoms with Gasteiger partial charge in [-0.05, 0) is 47.8 Å². The summed E-state index contributed by atoms with van der Waals surface area (Å²) in [6.07, 6.45) is 3.91. The van der Waals surface area contributed by atoms with Gasteiger partial charge in [-0.15, -0.1) is 0 Å². The fourth-order valence-electron chi connectivity index (χ4n) is 3.54. The van der Waals surface area contributed by atoms with E-state index in [-0.39, 0.29) is 11.8 Å². The lowest BCUT2D eigenvalue weighted by molar-refractivity contribution is -0.118. The fourth-order valence-corrected chi connectivity index (χ4v) is 3.66. The molecule has 25 heavy (non-hydrogen) atoms. The van der Waals surface area contributed by atoms with Crippen molar-refractivity contribution in [2.75, 3.05) is 0 Å². The number of allylic oxidation sites excluding steroid dienone is 2. The van der Waals surface area contributed by atoms with E-state index in [0.29, 0.717) is 10.9 Å². The average molecular weight is 352 g/mol. The third-order valence-corrected chi connectivity index (χ3v) is 4.90. The smallest absolute Gasteiger partial charge is 0.223 e. The first-order valence-electron chi connectivity index (χ1n) is 8.36. The van der Waals surface area contributed by atoms with Crippen LogP contribution in [0, 0.1) is 0 Å². The second kappa shape index (κ2) is 6.41. The van der Waals surface area contributed by atoms with E-state index in [1.165, 1.54) is 18.1 Å². The quantitative estimate of drug-likeness (QED) is 0.844. The van der Waals surface area contributed by atoms with E-state index in [0.717, 1.165) is 29.7 Å². The zero-order valence-corrected chi connectivity index (χ0v) is 14.6. The molecule has 3 nitrogen and oxygen atoms in total. The summed E-state index contributed by atoms with van der Waals surface area (Å²) >= 11 is 6.04. The van der Waals surface area contributed by atoms with Crippen molar-refractivity contribution in [2.45, 2.75) is 25.7 Å². The van der Waals surface area contributed by atoms with E-state index in [4.69, 9.17) is 16.3 Å². The molecular formula is C21H18ClNO2. The van der Waals surface area contributed by atoms with Crippen molar-refractivity contribution >= 4 is 23.3 Å². The number of amides is 1. The molecule has 1 unspecified atom stereocenters. The van der Waals surface area contributed by atoms with Crippen LogP contribution >= 0.6 is 11.6 Å². The lowest BCUT2D eigenvalue weighted by atomic mass is 9.80. The van der Waals surface area contributed by atoms with Crippen molar-refractivity contribution in [3.63, 3.8) is 0 Å². The topological polar surface area (TPSA) is 38.3 Å². The third-order valence-electron chi connectivity index (χ3n) is 4.65. The van der Waals surface area contributed by atoms with Gasteiger partial charge in [0.05, 0.1) is 0 Å². The molecular weight excluding hydrogens is 334 g/mol. The predicted octanol–water partition coefficient (Wildman–Crippen LogP) is 4.79. The molecule has 0 spiro atoms. The van der Waals surface area contributed by atoms with E-state index in [1.54, 1.807) is 0 Å². The van der Waals surface area contributed by atoms with E-state index >= 15 is 0 Å². The Morgan fingerprint density at radius 1 is 1.12 bits per heavy atom. The number of hydrogen-bond donors (Lipinski definition) is 1. The van der Waals surface area contributed by atoms with Gasteiger partial charge in [-0.3, -0.25) is 10.1 Å². The predicted molar refractivity (Wildman–Crippen MR) is 98.9 cm³/mol. The van der Waals surface area contributed by atoms with Crippen molar-refractivity contribution in [2.24, 2.45) is 0 Å². The van der Waals surface area contributed by atoms with Crippen LogP contribution in [0.25, 0.3) is 5.76 Å². The van der Waals surface area contributed by atoms with E-state index in [1.807, 2.05) is 36.4 Å². The average Bonchev–Trinajstić information content (AvgIpc) is 2.61. The first kappa shape index (κ1) is 16.0. The maximum atomic E-state index is 11.5. The lowest BCUT2D eigenvalue weighted by Gasteiger charge is -2.32. The van der Waals surface area contributed by atoms with Crippen LogP contribution in [0.3, 0.4) is 0 Å². The van der Waals surface area contributed by atoms with Gasteiger partial charge >= 0.3 is 0 Å². The molecule has 1 atom stereocenters. The van der Waals surface area contributed by atoms with Gasteiger partial charge in [-0.2, -0.15) is 0 Å². The molecule has 1 amide bonds. The molecule has 1 N–H and O–H groups in total. The summed E-state index contributed by atoms with van der Waals surface area (Å²) in [6, 6.07) is 16.1. The molecule has 126 valence electrons. The van der Waals surface area contributed by atoms with Gasteiger partial charge in [0.15, 0.2) is 5.88 Å². The number of rotatable bonds is 2. The molecule has 0 bridgehead atoms. The van der Waals surface area contributed by atoms with Crippen LogP contribution < -0.4 is 5.32 Å². The minimum atomic E-state index is -0.144. The van der Waals surface area contributed by atoms with Gasteiger partial charge in [0.1, 0.15) is 5.76 Å². The number of halogens is 1. The summed E-state index contributed by atoms with van der Waals surface area (Å²) in [5, 5.41) is 3.51. The molecule has 1 heterocycles. The zero-order valence-electron chi connectivity index (χ0n) is 13.9. The number of carbonyl (C=O) groups is 1. The summed E-state index contributed by atoms with van der Waals surface area (Å²) in [7, 11) is 0. The largest absolute Gasteiger partial charge is 0.441 e. The summed E-state index contributed by atoms with van der Waals surface area (Å²) in [5.74, 6) is 1.28. The van der Waals surface area contributed by atoms with Crippen LogP contribution in [0.4, 0.5) is 0 Å². The molecule has 1 aliphatic heterocycles. The Kier molecular flexibility index (Phi) is 4.10. The third kappa shape index (κ3) is 3.08.